The van der Waals surface area contributed by atoms with Gasteiger partial charge in [-0.05, 0) is 18.2 Å². The van der Waals surface area contributed by atoms with Crippen molar-refractivity contribution < 1.29 is 19.1 Å². The standard InChI is InChI=1S/C12H8ClNO4/c13-8-2-1-3-9(5-8)14-11(15)10-4-7(6-18-10)12(16)17/h1-6H,(H,14,15)(H,16,17). The van der Waals surface area contributed by atoms with Crippen LogP contribution < -0.4 is 5.32 Å². The first-order chi connectivity index (χ1) is 8.56. The Hall–Kier alpha value is -2.27. The number of carboxylic acid groups (broad SMARTS) is 1. The molecule has 0 spiro atoms. The Kier molecular flexibility index (Phi) is 3.34. The van der Waals surface area contributed by atoms with Gasteiger partial charge in [-0.3, -0.25) is 4.79 Å². The first-order valence-electron chi connectivity index (χ1n) is 4.95. The summed E-state index contributed by atoms with van der Waals surface area (Å²) >= 11 is 5.77. The van der Waals surface area contributed by atoms with Crippen LogP contribution in [0.25, 0.3) is 0 Å². The van der Waals surface area contributed by atoms with Gasteiger partial charge in [0, 0.05) is 16.8 Å². The lowest BCUT2D eigenvalue weighted by atomic mass is 10.3. The Labute approximate surface area is 107 Å². The average molecular weight is 266 g/mol. The van der Waals surface area contributed by atoms with Crippen LogP contribution in [0.4, 0.5) is 5.69 Å². The maximum absolute atomic E-state index is 11.7. The van der Waals surface area contributed by atoms with Crippen molar-refractivity contribution in [1.29, 1.82) is 0 Å². The number of furan rings is 1. The molecule has 92 valence electrons. The van der Waals surface area contributed by atoms with E-state index in [0.29, 0.717) is 10.7 Å². The van der Waals surface area contributed by atoms with E-state index in [1.54, 1.807) is 24.3 Å². The molecule has 0 atom stereocenters. The second-order valence-corrected chi connectivity index (χ2v) is 3.91. The lowest BCUT2D eigenvalue weighted by Crippen LogP contribution is -2.10. The summed E-state index contributed by atoms with van der Waals surface area (Å²) in [7, 11) is 0. The predicted molar refractivity (Wildman–Crippen MR) is 65.1 cm³/mol. The largest absolute Gasteiger partial charge is 0.478 e. The maximum Gasteiger partial charge on any atom is 0.338 e. The van der Waals surface area contributed by atoms with Gasteiger partial charge in [-0.2, -0.15) is 0 Å². The highest BCUT2D eigenvalue weighted by Crippen LogP contribution is 2.16. The van der Waals surface area contributed by atoms with Gasteiger partial charge in [0.25, 0.3) is 5.91 Å². The van der Waals surface area contributed by atoms with E-state index < -0.39 is 11.9 Å². The number of rotatable bonds is 3. The van der Waals surface area contributed by atoms with Crippen LogP contribution >= 0.6 is 11.6 Å². The van der Waals surface area contributed by atoms with Crippen molar-refractivity contribution in [2.24, 2.45) is 0 Å². The van der Waals surface area contributed by atoms with Crippen LogP contribution in [0.15, 0.2) is 41.0 Å². The van der Waals surface area contributed by atoms with Gasteiger partial charge < -0.3 is 14.8 Å². The highest BCUT2D eigenvalue weighted by molar-refractivity contribution is 6.30. The maximum atomic E-state index is 11.7. The molecule has 0 fully saturated rings. The molecule has 2 rings (SSSR count). The van der Waals surface area contributed by atoms with Crippen LogP contribution in [0.3, 0.4) is 0 Å². The van der Waals surface area contributed by atoms with Crippen LogP contribution in [-0.2, 0) is 0 Å². The molecule has 1 aromatic carbocycles. The lowest BCUT2D eigenvalue weighted by Gasteiger charge is -2.02. The zero-order valence-corrected chi connectivity index (χ0v) is 9.77. The molecule has 0 saturated carbocycles. The van der Waals surface area contributed by atoms with E-state index in [2.05, 4.69) is 5.32 Å². The molecule has 0 aliphatic heterocycles. The Balaban J connectivity index is 2.14. The molecule has 2 aromatic rings. The molecule has 0 aliphatic carbocycles. The molecule has 5 nitrogen and oxygen atoms in total. The van der Waals surface area contributed by atoms with Crippen molar-refractivity contribution in [3.63, 3.8) is 0 Å². The zero-order valence-electron chi connectivity index (χ0n) is 9.01. The average Bonchev–Trinajstić information content (AvgIpc) is 2.78. The van der Waals surface area contributed by atoms with Crippen LogP contribution in [0.5, 0.6) is 0 Å². The fourth-order valence-corrected chi connectivity index (χ4v) is 1.52. The third-order valence-electron chi connectivity index (χ3n) is 2.15. The molecule has 1 aromatic heterocycles. The van der Waals surface area contributed by atoms with Crippen LogP contribution in [0, 0.1) is 0 Å². The molecule has 18 heavy (non-hydrogen) atoms. The number of halogens is 1. The summed E-state index contributed by atoms with van der Waals surface area (Å²) < 4.78 is 4.86. The monoisotopic (exact) mass is 265 g/mol. The second-order valence-electron chi connectivity index (χ2n) is 3.47. The molecule has 2 N–H and O–H groups in total. The molecule has 0 bridgehead atoms. The number of amides is 1. The number of carboxylic acids is 1. The van der Waals surface area contributed by atoms with Crippen molar-refractivity contribution in [1.82, 2.24) is 0 Å². The van der Waals surface area contributed by atoms with Gasteiger partial charge in [0.2, 0.25) is 0 Å². The van der Waals surface area contributed by atoms with E-state index in [4.69, 9.17) is 21.1 Å². The quantitative estimate of drug-likeness (QED) is 0.894. The van der Waals surface area contributed by atoms with Gasteiger partial charge in [0.1, 0.15) is 6.26 Å². The Morgan fingerprint density at radius 1 is 1.28 bits per heavy atom. The molecule has 6 heteroatoms. The Morgan fingerprint density at radius 3 is 2.67 bits per heavy atom. The predicted octanol–water partition coefficient (Wildman–Crippen LogP) is 2.88. The second kappa shape index (κ2) is 4.93. The topological polar surface area (TPSA) is 79.5 Å². The molecule has 0 aliphatic rings. The SMILES string of the molecule is O=C(O)c1coc(C(=O)Nc2cccc(Cl)c2)c1. The number of hydrogen-bond donors (Lipinski definition) is 2. The van der Waals surface area contributed by atoms with Crippen LogP contribution in [0.1, 0.15) is 20.9 Å². The van der Waals surface area contributed by atoms with Gasteiger partial charge >= 0.3 is 5.97 Å². The third kappa shape index (κ3) is 2.70. The number of aromatic carboxylic acids is 1. The summed E-state index contributed by atoms with van der Waals surface area (Å²) in [5.41, 5.74) is 0.423. The number of anilines is 1. The lowest BCUT2D eigenvalue weighted by molar-refractivity contribution is 0.0696. The van der Waals surface area contributed by atoms with Gasteiger partial charge in [-0.25, -0.2) is 4.79 Å². The van der Waals surface area contributed by atoms with Crippen molar-refractivity contribution >= 4 is 29.2 Å². The van der Waals surface area contributed by atoms with Crippen LogP contribution in [-0.4, -0.2) is 17.0 Å². The highest BCUT2D eigenvalue weighted by atomic mass is 35.5. The van der Waals surface area contributed by atoms with Crippen LogP contribution in [0.2, 0.25) is 5.02 Å². The summed E-state index contributed by atoms with van der Waals surface area (Å²) in [6.07, 6.45) is 1.01. The number of nitrogens with one attached hydrogen (secondary N) is 1. The minimum absolute atomic E-state index is 0.0765. The van der Waals surface area contributed by atoms with Gasteiger partial charge in [-0.1, -0.05) is 17.7 Å². The van der Waals surface area contributed by atoms with E-state index in [-0.39, 0.29) is 11.3 Å². The highest BCUT2D eigenvalue weighted by Gasteiger charge is 2.14. The minimum Gasteiger partial charge on any atom is -0.478 e. The van der Waals surface area contributed by atoms with Crippen molar-refractivity contribution in [3.05, 3.63) is 52.9 Å². The summed E-state index contributed by atoms with van der Waals surface area (Å²) in [4.78, 5) is 22.4. The molecular formula is C12H8ClNO4. The van der Waals surface area contributed by atoms with E-state index in [1.165, 1.54) is 0 Å². The minimum atomic E-state index is -1.15. The molecule has 0 radical (unpaired) electrons. The third-order valence-corrected chi connectivity index (χ3v) is 2.39. The van der Waals surface area contributed by atoms with Crippen molar-refractivity contribution in [2.75, 3.05) is 5.32 Å². The van der Waals surface area contributed by atoms with Crippen molar-refractivity contribution in [3.8, 4) is 0 Å². The Morgan fingerprint density at radius 2 is 2.06 bits per heavy atom. The van der Waals surface area contributed by atoms with E-state index in [0.717, 1.165) is 12.3 Å². The fraction of sp³-hybridized carbons (Fsp3) is 0. The molecule has 1 amide bonds. The smallest absolute Gasteiger partial charge is 0.338 e. The van der Waals surface area contributed by atoms with Crippen molar-refractivity contribution in [2.45, 2.75) is 0 Å². The number of carbonyl (C=O) groups excluding carboxylic acids is 1. The van der Waals surface area contributed by atoms with E-state index >= 15 is 0 Å². The van der Waals surface area contributed by atoms with E-state index in [9.17, 15) is 9.59 Å². The van der Waals surface area contributed by atoms with Gasteiger partial charge in [0.05, 0.1) is 5.56 Å². The first-order valence-corrected chi connectivity index (χ1v) is 5.33. The summed E-state index contributed by atoms with van der Waals surface area (Å²) in [6, 6.07) is 7.74. The van der Waals surface area contributed by atoms with Gasteiger partial charge in [-0.15, -0.1) is 0 Å². The fourth-order valence-electron chi connectivity index (χ4n) is 1.33. The van der Waals surface area contributed by atoms with Gasteiger partial charge in [0.15, 0.2) is 5.76 Å². The Bertz CT molecular complexity index is 606. The number of carbonyl (C=O) groups is 2. The number of hydrogen-bond acceptors (Lipinski definition) is 3. The first kappa shape index (κ1) is 12.2. The molecular weight excluding hydrogens is 258 g/mol. The molecule has 0 unspecified atom stereocenters. The summed E-state index contributed by atoms with van der Waals surface area (Å²) in [6.45, 7) is 0. The summed E-state index contributed by atoms with van der Waals surface area (Å²) in [5, 5.41) is 11.7. The van der Waals surface area contributed by atoms with E-state index in [1.807, 2.05) is 0 Å². The summed E-state index contributed by atoms with van der Waals surface area (Å²) in [5.74, 6) is -1.77. The molecule has 1 heterocycles. The number of benzene rings is 1. The normalized spacial score (nSPS) is 10.1. The zero-order chi connectivity index (χ0) is 13.1. The molecule has 0 saturated heterocycles.